The lowest BCUT2D eigenvalue weighted by Gasteiger charge is -2.38. The molecule has 0 bridgehead atoms. The third kappa shape index (κ3) is 4.10. The van der Waals surface area contributed by atoms with Crippen LogP contribution in [0.4, 0.5) is 10.1 Å². The van der Waals surface area contributed by atoms with E-state index < -0.39 is 17.0 Å². The fourth-order valence-corrected chi connectivity index (χ4v) is 3.89. The first-order chi connectivity index (χ1) is 13.6. The summed E-state index contributed by atoms with van der Waals surface area (Å²) in [5, 5.41) is 0. The number of hydrogen-bond acceptors (Lipinski definition) is 6. The normalized spacial score (nSPS) is 18.4. The van der Waals surface area contributed by atoms with Crippen molar-refractivity contribution in [3.63, 3.8) is 0 Å². The molecule has 1 saturated heterocycles. The van der Waals surface area contributed by atoms with Gasteiger partial charge in [0.05, 0.1) is 13.2 Å². The molecule has 0 aromatic heterocycles. The van der Waals surface area contributed by atoms with Gasteiger partial charge in [-0.25, -0.2) is 4.39 Å². The highest BCUT2D eigenvalue weighted by molar-refractivity contribution is 5.64. The van der Waals surface area contributed by atoms with E-state index in [1.807, 2.05) is 4.90 Å². The smallest absolute Gasteiger partial charge is 0.272 e. The standard InChI is InChI=1S/C21H26FNO5/c1-26-11-6-12-28-20(15-8-3-4-9-16(15)22)14-7-5-10-23(13-14)17-18(24)19(25)21(17)27-2/h3-4,8-9,14,20H,5-7,10-13H2,1-2H3. The van der Waals surface area contributed by atoms with E-state index in [0.717, 1.165) is 12.8 Å². The number of rotatable bonds is 9. The van der Waals surface area contributed by atoms with Crippen molar-refractivity contribution in [3.05, 3.63) is 56.1 Å². The lowest BCUT2D eigenvalue weighted by molar-refractivity contribution is -0.00437. The molecule has 2 atom stereocenters. The lowest BCUT2D eigenvalue weighted by atomic mass is 9.87. The van der Waals surface area contributed by atoms with Crippen LogP contribution in [0.3, 0.4) is 0 Å². The number of halogens is 1. The largest absolute Gasteiger partial charge is 0.491 e. The van der Waals surface area contributed by atoms with E-state index in [9.17, 15) is 14.0 Å². The molecule has 1 aliphatic rings. The zero-order valence-electron chi connectivity index (χ0n) is 16.3. The fraction of sp³-hybridized carbons (Fsp3) is 0.524. The van der Waals surface area contributed by atoms with Gasteiger partial charge < -0.3 is 19.1 Å². The highest BCUT2D eigenvalue weighted by Crippen LogP contribution is 2.36. The van der Waals surface area contributed by atoms with E-state index >= 15 is 0 Å². The van der Waals surface area contributed by atoms with Gasteiger partial charge in [0.25, 0.3) is 10.9 Å². The van der Waals surface area contributed by atoms with Gasteiger partial charge in [0.1, 0.15) is 11.5 Å². The Hall–Kier alpha value is -2.25. The highest BCUT2D eigenvalue weighted by atomic mass is 19.1. The van der Waals surface area contributed by atoms with Crippen molar-refractivity contribution in [1.82, 2.24) is 0 Å². The summed E-state index contributed by atoms with van der Waals surface area (Å²) in [5.74, 6) is -0.195. The molecule has 2 unspecified atom stereocenters. The zero-order valence-corrected chi connectivity index (χ0v) is 16.3. The van der Waals surface area contributed by atoms with Crippen LogP contribution in [-0.2, 0) is 9.47 Å². The zero-order chi connectivity index (χ0) is 20.1. The van der Waals surface area contributed by atoms with Crippen LogP contribution in [0, 0.1) is 11.7 Å². The Morgan fingerprint density at radius 2 is 1.96 bits per heavy atom. The maximum absolute atomic E-state index is 14.5. The van der Waals surface area contributed by atoms with Crippen LogP contribution in [-0.4, -0.2) is 40.5 Å². The van der Waals surface area contributed by atoms with Gasteiger partial charge in [-0.3, -0.25) is 9.59 Å². The van der Waals surface area contributed by atoms with Crippen molar-refractivity contribution < 1.29 is 18.6 Å². The highest BCUT2D eigenvalue weighted by Gasteiger charge is 2.35. The van der Waals surface area contributed by atoms with Gasteiger partial charge in [0.2, 0.25) is 0 Å². The first-order valence-electron chi connectivity index (χ1n) is 9.55. The van der Waals surface area contributed by atoms with Gasteiger partial charge in [-0.2, -0.15) is 0 Å². The van der Waals surface area contributed by atoms with E-state index in [-0.39, 0.29) is 17.5 Å². The molecule has 2 aromatic rings. The Bertz CT molecular complexity index is 861. The van der Waals surface area contributed by atoms with Crippen LogP contribution in [0.2, 0.25) is 0 Å². The molecule has 0 saturated carbocycles. The number of benzene rings is 1. The quantitative estimate of drug-likeness (QED) is 0.483. The van der Waals surface area contributed by atoms with Gasteiger partial charge in [0.15, 0.2) is 5.75 Å². The van der Waals surface area contributed by atoms with E-state index in [2.05, 4.69) is 0 Å². The molecule has 0 spiro atoms. The van der Waals surface area contributed by atoms with Crippen LogP contribution in [0.5, 0.6) is 5.75 Å². The van der Waals surface area contributed by atoms with Crippen molar-refractivity contribution in [2.24, 2.45) is 5.92 Å². The molecule has 0 amide bonds. The molecule has 3 rings (SSSR count). The predicted octanol–water partition coefficient (Wildman–Crippen LogP) is 2.44. The second-order valence-corrected chi connectivity index (χ2v) is 7.05. The molecule has 7 heteroatoms. The van der Waals surface area contributed by atoms with Crippen LogP contribution < -0.4 is 20.5 Å². The average Bonchev–Trinajstić information content (AvgIpc) is 2.72. The summed E-state index contributed by atoms with van der Waals surface area (Å²) in [5.41, 5.74) is -0.241. The van der Waals surface area contributed by atoms with Gasteiger partial charge in [-0.1, -0.05) is 18.2 Å². The summed E-state index contributed by atoms with van der Waals surface area (Å²) < 4.78 is 30.7. The van der Waals surface area contributed by atoms with Crippen molar-refractivity contribution in [3.8, 4) is 5.75 Å². The molecule has 0 N–H and O–H groups in total. The summed E-state index contributed by atoms with van der Waals surface area (Å²) in [7, 11) is 3.02. The Morgan fingerprint density at radius 1 is 1.18 bits per heavy atom. The number of nitrogens with zero attached hydrogens (tertiary/aromatic N) is 1. The molecule has 152 valence electrons. The second-order valence-electron chi connectivity index (χ2n) is 7.05. The summed E-state index contributed by atoms with van der Waals surface area (Å²) in [4.78, 5) is 25.6. The van der Waals surface area contributed by atoms with Crippen molar-refractivity contribution in [2.75, 3.05) is 45.4 Å². The SMILES string of the molecule is COCCCOC(c1ccccc1F)C1CCCN(c2c(OC)c(=O)c2=O)C1. The minimum Gasteiger partial charge on any atom is -0.491 e. The van der Waals surface area contributed by atoms with E-state index in [0.29, 0.717) is 44.0 Å². The molecule has 1 heterocycles. The third-order valence-corrected chi connectivity index (χ3v) is 5.25. The van der Waals surface area contributed by atoms with Gasteiger partial charge in [-0.15, -0.1) is 0 Å². The molecule has 0 radical (unpaired) electrons. The summed E-state index contributed by atoms with van der Waals surface area (Å²) >= 11 is 0. The fourth-order valence-electron chi connectivity index (χ4n) is 3.89. The molecule has 0 aliphatic carbocycles. The van der Waals surface area contributed by atoms with Gasteiger partial charge >= 0.3 is 0 Å². The molecular formula is C21H26FNO5. The first-order valence-corrected chi connectivity index (χ1v) is 9.55. The number of anilines is 1. The monoisotopic (exact) mass is 391 g/mol. The summed E-state index contributed by atoms with van der Waals surface area (Å²) in [6.45, 7) is 2.18. The van der Waals surface area contributed by atoms with Crippen LogP contribution in [0.1, 0.15) is 30.9 Å². The molecule has 2 aromatic carbocycles. The van der Waals surface area contributed by atoms with Crippen molar-refractivity contribution in [1.29, 1.82) is 0 Å². The first kappa shape index (κ1) is 20.5. The Morgan fingerprint density at radius 3 is 2.68 bits per heavy atom. The predicted molar refractivity (Wildman–Crippen MR) is 104 cm³/mol. The Balaban J connectivity index is 1.81. The average molecular weight is 391 g/mol. The summed E-state index contributed by atoms with van der Waals surface area (Å²) in [6, 6.07) is 6.63. The maximum atomic E-state index is 14.5. The number of piperidine rings is 1. The molecular weight excluding hydrogens is 365 g/mol. The number of hydrogen-bond donors (Lipinski definition) is 0. The van der Waals surface area contributed by atoms with E-state index in [1.165, 1.54) is 13.2 Å². The molecule has 28 heavy (non-hydrogen) atoms. The Kier molecular flexibility index (Phi) is 6.80. The van der Waals surface area contributed by atoms with E-state index in [1.54, 1.807) is 25.3 Å². The number of methoxy groups -OCH3 is 2. The topological polar surface area (TPSA) is 65.1 Å². The van der Waals surface area contributed by atoms with Gasteiger partial charge in [0, 0.05) is 44.9 Å². The molecule has 6 nitrogen and oxygen atoms in total. The third-order valence-electron chi connectivity index (χ3n) is 5.25. The van der Waals surface area contributed by atoms with Crippen molar-refractivity contribution in [2.45, 2.75) is 25.4 Å². The number of ether oxygens (including phenoxy) is 3. The minimum absolute atomic E-state index is 0.0118. The molecule has 1 fully saturated rings. The maximum Gasteiger partial charge on any atom is 0.272 e. The Labute approximate surface area is 163 Å². The van der Waals surface area contributed by atoms with Crippen LogP contribution in [0.25, 0.3) is 0 Å². The van der Waals surface area contributed by atoms with Gasteiger partial charge in [-0.05, 0) is 25.3 Å². The minimum atomic E-state index is -0.582. The van der Waals surface area contributed by atoms with E-state index in [4.69, 9.17) is 14.2 Å². The second kappa shape index (κ2) is 9.30. The lowest BCUT2D eigenvalue weighted by Crippen LogP contribution is -2.46. The van der Waals surface area contributed by atoms with Crippen molar-refractivity contribution >= 4 is 5.69 Å². The van der Waals surface area contributed by atoms with Crippen LogP contribution >= 0.6 is 0 Å². The van der Waals surface area contributed by atoms with Crippen LogP contribution in [0.15, 0.2) is 33.9 Å². The molecule has 1 aliphatic heterocycles. The summed E-state index contributed by atoms with van der Waals surface area (Å²) in [6.07, 6.45) is 1.94.